The molecule has 0 aromatic rings. The van der Waals surface area contributed by atoms with Gasteiger partial charge >= 0.3 is 0 Å². The van der Waals surface area contributed by atoms with E-state index in [0.717, 1.165) is 17.2 Å². The summed E-state index contributed by atoms with van der Waals surface area (Å²) in [5, 5.41) is 2.77. The second-order valence-electron chi connectivity index (χ2n) is 2.97. The van der Waals surface area contributed by atoms with Crippen molar-refractivity contribution >= 4 is 23.5 Å². The molecule has 0 aliphatic carbocycles. The Bertz CT molecular complexity index is 283. The van der Waals surface area contributed by atoms with Crippen molar-refractivity contribution in [3.63, 3.8) is 0 Å². The molecule has 0 aromatic heterocycles. The molecular weight excluding hydrogens is 172 g/mol. The minimum atomic E-state index is 0.0602. The minimum Gasteiger partial charge on any atom is -0.309 e. The van der Waals surface area contributed by atoms with Gasteiger partial charge < -0.3 is 5.32 Å². The second-order valence-corrected chi connectivity index (χ2v) is 3.98. The van der Waals surface area contributed by atoms with Gasteiger partial charge in [0.25, 0.3) is 0 Å². The Hall–Kier alpha value is -0.770. The van der Waals surface area contributed by atoms with Crippen molar-refractivity contribution in [1.29, 1.82) is 0 Å². The summed E-state index contributed by atoms with van der Waals surface area (Å²) in [7, 11) is 0. The maximum absolute atomic E-state index is 11.0. The van der Waals surface area contributed by atoms with Gasteiger partial charge in [-0.2, -0.15) is 0 Å². The van der Waals surface area contributed by atoms with Crippen molar-refractivity contribution in [3.05, 3.63) is 11.0 Å². The number of aliphatic imine (C=N–C) groups is 1. The van der Waals surface area contributed by atoms with Crippen LogP contribution in [0.2, 0.25) is 0 Å². The summed E-state index contributed by atoms with van der Waals surface area (Å²) in [4.78, 5) is 16.5. The largest absolute Gasteiger partial charge is 0.309 e. The number of hydrogen-bond donors (Lipinski definition) is 1. The van der Waals surface area contributed by atoms with E-state index in [1.54, 1.807) is 11.8 Å². The van der Waals surface area contributed by atoms with Gasteiger partial charge in [-0.3, -0.25) is 9.79 Å². The molecule has 0 bridgehead atoms. The van der Waals surface area contributed by atoms with Crippen LogP contribution in [0.1, 0.15) is 13.3 Å². The van der Waals surface area contributed by atoms with Gasteiger partial charge in [0.15, 0.2) is 0 Å². The summed E-state index contributed by atoms with van der Waals surface area (Å²) in [5.41, 5.74) is 0. The highest BCUT2D eigenvalue weighted by Gasteiger charge is 2.22. The number of dihydropyridines is 1. The van der Waals surface area contributed by atoms with Gasteiger partial charge in [0.1, 0.15) is 5.84 Å². The summed E-state index contributed by atoms with van der Waals surface area (Å²) in [5.74, 6) is 1.36. The Kier molecular flexibility index (Phi) is 1.92. The molecular formula is C8H10N2OS. The van der Waals surface area contributed by atoms with E-state index >= 15 is 0 Å². The lowest BCUT2D eigenvalue weighted by Gasteiger charge is -2.22. The third-order valence-electron chi connectivity index (χ3n) is 1.84. The van der Waals surface area contributed by atoms with Crippen molar-refractivity contribution < 1.29 is 4.79 Å². The fourth-order valence-electron chi connectivity index (χ4n) is 1.24. The normalized spacial score (nSPS) is 28.4. The molecule has 1 amide bonds. The number of amides is 1. The molecule has 1 saturated heterocycles. The van der Waals surface area contributed by atoms with Gasteiger partial charge in [0.05, 0.1) is 11.8 Å². The third kappa shape index (κ3) is 1.39. The number of rotatable bonds is 0. The van der Waals surface area contributed by atoms with E-state index in [4.69, 9.17) is 0 Å². The van der Waals surface area contributed by atoms with E-state index in [1.165, 1.54) is 0 Å². The minimum absolute atomic E-state index is 0.0602. The number of thioether (sulfide) groups is 1. The van der Waals surface area contributed by atoms with Crippen LogP contribution in [0, 0.1) is 0 Å². The summed E-state index contributed by atoms with van der Waals surface area (Å²) >= 11 is 1.58. The van der Waals surface area contributed by atoms with Crippen LogP contribution in [-0.2, 0) is 4.79 Å². The molecule has 0 saturated carbocycles. The van der Waals surface area contributed by atoms with E-state index in [2.05, 4.69) is 16.4 Å². The Labute approximate surface area is 75.3 Å². The van der Waals surface area contributed by atoms with Crippen molar-refractivity contribution in [2.24, 2.45) is 4.99 Å². The fraction of sp³-hybridized carbons (Fsp3) is 0.500. The zero-order valence-electron chi connectivity index (χ0n) is 6.83. The van der Waals surface area contributed by atoms with Crippen LogP contribution in [0.15, 0.2) is 16.0 Å². The molecule has 0 radical (unpaired) electrons. The SMILES string of the molecule is CC1CC=C2SCC(=O)NC2=N1. The van der Waals surface area contributed by atoms with Gasteiger partial charge in [-0.1, -0.05) is 6.08 Å². The van der Waals surface area contributed by atoms with Gasteiger partial charge in [-0.05, 0) is 13.3 Å². The second kappa shape index (κ2) is 2.94. The van der Waals surface area contributed by atoms with Crippen LogP contribution in [0.5, 0.6) is 0 Å². The molecule has 0 spiro atoms. The Morgan fingerprint density at radius 2 is 2.58 bits per heavy atom. The van der Waals surface area contributed by atoms with Crippen molar-refractivity contribution in [2.45, 2.75) is 19.4 Å². The summed E-state index contributed by atoms with van der Waals surface area (Å²) in [6.07, 6.45) is 3.14. The first-order valence-corrected chi connectivity index (χ1v) is 4.95. The molecule has 2 aliphatic rings. The van der Waals surface area contributed by atoms with Gasteiger partial charge in [0, 0.05) is 4.91 Å². The Balaban J connectivity index is 2.23. The average molecular weight is 182 g/mol. The van der Waals surface area contributed by atoms with E-state index in [1.807, 2.05) is 6.92 Å². The highest BCUT2D eigenvalue weighted by molar-refractivity contribution is 8.04. The zero-order chi connectivity index (χ0) is 8.55. The van der Waals surface area contributed by atoms with Crippen molar-refractivity contribution in [2.75, 3.05) is 5.75 Å². The first-order valence-electron chi connectivity index (χ1n) is 3.96. The first-order chi connectivity index (χ1) is 5.75. The van der Waals surface area contributed by atoms with Crippen LogP contribution in [0.4, 0.5) is 0 Å². The van der Waals surface area contributed by atoms with Crippen molar-refractivity contribution in [3.8, 4) is 0 Å². The Morgan fingerprint density at radius 3 is 3.42 bits per heavy atom. The molecule has 64 valence electrons. The lowest BCUT2D eigenvalue weighted by atomic mass is 10.2. The molecule has 4 heteroatoms. The lowest BCUT2D eigenvalue weighted by Crippen LogP contribution is -2.38. The smallest absolute Gasteiger partial charge is 0.235 e. The Morgan fingerprint density at radius 1 is 1.75 bits per heavy atom. The van der Waals surface area contributed by atoms with Crippen LogP contribution in [0.3, 0.4) is 0 Å². The summed E-state index contributed by atoms with van der Waals surface area (Å²) < 4.78 is 0. The maximum Gasteiger partial charge on any atom is 0.235 e. The molecule has 2 aliphatic heterocycles. The summed E-state index contributed by atoms with van der Waals surface area (Å²) in [6, 6.07) is 0.308. The van der Waals surface area contributed by atoms with E-state index < -0.39 is 0 Å². The standard InChI is InChI=1S/C8H10N2OS/c1-5-2-3-6-8(9-5)10-7(11)4-12-6/h3,5H,2,4H2,1H3,(H,9,10,11). The average Bonchev–Trinajstić information content (AvgIpc) is 2.03. The molecule has 12 heavy (non-hydrogen) atoms. The number of amidine groups is 1. The van der Waals surface area contributed by atoms with Crippen LogP contribution >= 0.6 is 11.8 Å². The molecule has 3 nitrogen and oxygen atoms in total. The monoisotopic (exact) mass is 182 g/mol. The first kappa shape index (κ1) is 7.86. The molecule has 1 unspecified atom stereocenters. The van der Waals surface area contributed by atoms with Crippen molar-refractivity contribution in [1.82, 2.24) is 5.32 Å². The van der Waals surface area contributed by atoms with E-state index in [-0.39, 0.29) is 5.91 Å². The summed E-state index contributed by atoms with van der Waals surface area (Å²) in [6.45, 7) is 2.05. The van der Waals surface area contributed by atoms with Gasteiger partial charge in [-0.15, -0.1) is 11.8 Å². The highest BCUT2D eigenvalue weighted by Crippen LogP contribution is 2.25. The molecule has 0 aromatic carbocycles. The van der Waals surface area contributed by atoms with Gasteiger partial charge in [-0.25, -0.2) is 0 Å². The van der Waals surface area contributed by atoms with Gasteiger partial charge in [0.2, 0.25) is 5.91 Å². The molecule has 2 rings (SSSR count). The quantitative estimate of drug-likeness (QED) is 0.605. The molecule has 1 N–H and O–H groups in total. The number of hydrogen-bond acceptors (Lipinski definition) is 3. The number of carbonyl (C=O) groups is 1. The topological polar surface area (TPSA) is 41.5 Å². The molecule has 1 fully saturated rings. The van der Waals surface area contributed by atoms with Crippen LogP contribution in [-0.4, -0.2) is 23.5 Å². The number of carbonyl (C=O) groups excluding carboxylic acids is 1. The van der Waals surface area contributed by atoms with Crippen LogP contribution < -0.4 is 5.32 Å². The number of fused-ring (bicyclic) bond motifs is 1. The fourth-order valence-corrected chi connectivity index (χ4v) is 2.06. The predicted molar refractivity (Wildman–Crippen MR) is 50.2 cm³/mol. The lowest BCUT2D eigenvalue weighted by molar-refractivity contribution is -0.117. The van der Waals surface area contributed by atoms with E-state index in [9.17, 15) is 4.79 Å². The third-order valence-corrected chi connectivity index (χ3v) is 2.92. The number of nitrogens with one attached hydrogen (secondary N) is 1. The zero-order valence-corrected chi connectivity index (χ0v) is 7.65. The highest BCUT2D eigenvalue weighted by atomic mass is 32.2. The van der Waals surface area contributed by atoms with E-state index in [0.29, 0.717) is 11.8 Å². The number of nitrogens with zero attached hydrogens (tertiary/aromatic N) is 1. The molecule has 2 heterocycles. The molecule has 1 atom stereocenters. The maximum atomic E-state index is 11.0. The van der Waals surface area contributed by atoms with Crippen LogP contribution in [0.25, 0.3) is 0 Å². The predicted octanol–water partition coefficient (Wildman–Crippen LogP) is 0.924.